The van der Waals surface area contributed by atoms with Crippen LogP contribution in [-0.2, 0) is 11.3 Å². The summed E-state index contributed by atoms with van der Waals surface area (Å²) in [6.45, 7) is 4.38. The van der Waals surface area contributed by atoms with E-state index in [-0.39, 0.29) is 30.8 Å². The van der Waals surface area contributed by atoms with E-state index in [9.17, 15) is 4.79 Å². The summed E-state index contributed by atoms with van der Waals surface area (Å²) in [6, 6.07) is 8.16. The van der Waals surface area contributed by atoms with Gasteiger partial charge in [-0.15, -0.1) is 10.2 Å². The average Bonchev–Trinajstić information content (AvgIpc) is 3.58. The fourth-order valence-corrected chi connectivity index (χ4v) is 5.04. The lowest BCUT2D eigenvalue weighted by Gasteiger charge is -2.22. The van der Waals surface area contributed by atoms with Crippen molar-refractivity contribution >= 4 is 17.5 Å². The van der Waals surface area contributed by atoms with Crippen LogP contribution in [0.1, 0.15) is 38.9 Å². The van der Waals surface area contributed by atoms with E-state index in [4.69, 9.17) is 15.1 Å². The van der Waals surface area contributed by atoms with Gasteiger partial charge in [-0.2, -0.15) is 0 Å². The summed E-state index contributed by atoms with van der Waals surface area (Å²) >= 11 is 0. The van der Waals surface area contributed by atoms with Crippen LogP contribution < -0.4 is 21.3 Å². The Kier molecular flexibility index (Phi) is 6.14. The lowest BCUT2D eigenvalue weighted by atomic mass is 9.98. The van der Waals surface area contributed by atoms with Gasteiger partial charge in [-0.25, -0.2) is 9.97 Å². The van der Waals surface area contributed by atoms with E-state index >= 15 is 0 Å². The molecule has 1 amide bonds. The van der Waals surface area contributed by atoms with Crippen molar-refractivity contribution in [3.63, 3.8) is 0 Å². The number of nitrogen functional groups attached to an aromatic ring is 1. The number of nitrogens with zero attached hydrogens (tertiary/aromatic N) is 5. The zero-order chi connectivity index (χ0) is 23.7. The monoisotopic (exact) mass is 472 g/mol. The highest BCUT2D eigenvalue weighted by molar-refractivity contribution is 5.76. The molecule has 2 aromatic heterocycles. The lowest BCUT2D eigenvalue weighted by molar-refractivity contribution is -0.121. The molecule has 34 heavy (non-hydrogen) atoms. The third-order valence-corrected chi connectivity index (χ3v) is 6.85. The number of amides is 1. The van der Waals surface area contributed by atoms with Crippen LogP contribution in [0.25, 0.3) is 23.0 Å². The number of nitrogens with two attached hydrogens (primary N) is 1. The van der Waals surface area contributed by atoms with Gasteiger partial charge in [0, 0.05) is 50.7 Å². The molecule has 2 fully saturated rings. The van der Waals surface area contributed by atoms with Crippen LogP contribution in [0.4, 0.5) is 11.6 Å². The Morgan fingerprint density at radius 2 is 2.00 bits per heavy atom. The first-order valence-corrected chi connectivity index (χ1v) is 11.8. The highest BCUT2D eigenvalue weighted by atomic mass is 16.4. The van der Waals surface area contributed by atoms with E-state index in [0.717, 1.165) is 43.9 Å². The Bertz CT molecular complexity index is 1180. The number of hydrogen-bond donors (Lipinski definition) is 3. The average molecular weight is 473 g/mol. The van der Waals surface area contributed by atoms with Crippen LogP contribution in [0, 0.1) is 11.8 Å². The molecule has 0 spiro atoms. The molecule has 0 bridgehead atoms. The molecule has 1 aliphatic heterocycles. The number of benzene rings is 1. The third kappa shape index (κ3) is 4.33. The molecule has 1 aliphatic carbocycles. The molecule has 2 unspecified atom stereocenters. The first-order valence-electron chi connectivity index (χ1n) is 11.8. The summed E-state index contributed by atoms with van der Waals surface area (Å²) in [4.78, 5) is 23.2. The second-order valence-corrected chi connectivity index (χ2v) is 9.04. The van der Waals surface area contributed by atoms with E-state index in [0.29, 0.717) is 29.8 Å². The zero-order valence-electron chi connectivity index (χ0n) is 19.5. The zero-order valence-corrected chi connectivity index (χ0v) is 19.5. The normalized spacial score (nSPS) is 21.6. The van der Waals surface area contributed by atoms with E-state index < -0.39 is 0 Å². The molecular formula is C24H40N8O2. The molecule has 3 heterocycles. The highest BCUT2D eigenvalue weighted by Gasteiger charge is 2.43. The van der Waals surface area contributed by atoms with Gasteiger partial charge in [0.05, 0.1) is 6.20 Å². The molecular weight excluding hydrogens is 432 g/mol. The third-order valence-electron chi connectivity index (χ3n) is 6.85. The van der Waals surface area contributed by atoms with Crippen molar-refractivity contribution in [2.75, 3.05) is 30.8 Å². The number of fused-ring (bicyclic) bond motifs is 1. The van der Waals surface area contributed by atoms with E-state index in [1.165, 1.54) is 5.56 Å². The van der Waals surface area contributed by atoms with Crippen LogP contribution in [0.5, 0.6) is 0 Å². The largest absolute Gasteiger partial charge is 0.414 e. The van der Waals surface area contributed by atoms with E-state index in [2.05, 4.69) is 30.7 Å². The summed E-state index contributed by atoms with van der Waals surface area (Å²) < 4.78 is 5.92. The van der Waals surface area contributed by atoms with Gasteiger partial charge < -0.3 is 25.7 Å². The smallest absolute Gasteiger partial charge is 0.270 e. The molecule has 2 aliphatic rings. The highest BCUT2D eigenvalue weighted by Crippen LogP contribution is 2.40. The van der Waals surface area contributed by atoms with Crippen LogP contribution in [-0.4, -0.2) is 52.3 Å². The van der Waals surface area contributed by atoms with Crippen molar-refractivity contribution in [1.82, 2.24) is 30.8 Å². The standard InChI is InChI=1S/C24H30N8O2.5H2/c1-3-20(33)28-18-9-8-16-12-32(13-17(16)18)19-11-27-22(25)21(29-19)24-31-30-23(34-24)15-6-4-14(5-7-15)10-26-2;;;;;/h4-7,11,16-18,26H,3,8-10,12-13H2,1-2H3,(H2,25,27)(H,28,33);5*1H/t16?,17-,18?;;;;;/m0...../s1. The Morgan fingerprint density at radius 3 is 2.76 bits per heavy atom. The minimum absolute atomic E-state index is 0. The minimum Gasteiger partial charge on any atom is -0.414 e. The van der Waals surface area contributed by atoms with E-state index in [1.54, 1.807) is 6.20 Å². The first-order chi connectivity index (χ1) is 16.6. The Labute approximate surface area is 205 Å². The van der Waals surface area contributed by atoms with Crippen molar-refractivity contribution in [1.29, 1.82) is 0 Å². The summed E-state index contributed by atoms with van der Waals surface area (Å²) in [7, 11) is 1.91. The van der Waals surface area contributed by atoms with E-state index in [1.807, 2.05) is 38.2 Å². The van der Waals surface area contributed by atoms with Gasteiger partial charge in [0.15, 0.2) is 11.5 Å². The SMILES string of the molecule is CCC(=O)NC1CCC2CN(c3cnc(N)c(-c4nnc(-c5ccc(CNC)cc5)o4)n3)C[C@@H]21.[HH].[HH].[HH].[HH].[HH]. The summed E-state index contributed by atoms with van der Waals surface area (Å²) in [6.07, 6.45) is 4.34. The number of nitrogens with one attached hydrogen (secondary N) is 2. The predicted molar refractivity (Wildman–Crippen MR) is 139 cm³/mol. The first kappa shape index (κ1) is 22.3. The molecule has 3 aromatic rings. The molecule has 3 atom stereocenters. The fourth-order valence-electron chi connectivity index (χ4n) is 5.04. The molecule has 4 N–H and O–H groups in total. The molecule has 0 radical (unpaired) electrons. The number of carbonyl (C=O) groups excluding carboxylic acids is 1. The van der Waals surface area contributed by atoms with Gasteiger partial charge in [0.25, 0.3) is 5.89 Å². The second-order valence-electron chi connectivity index (χ2n) is 9.04. The van der Waals surface area contributed by atoms with Crippen LogP contribution >= 0.6 is 0 Å². The van der Waals surface area contributed by atoms with Crippen molar-refractivity contribution in [3.05, 3.63) is 36.0 Å². The lowest BCUT2D eigenvalue weighted by Crippen LogP contribution is -2.39. The number of aromatic nitrogens is 4. The minimum atomic E-state index is 0. The summed E-state index contributed by atoms with van der Waals surface area (Å²) in [5.74, 6) is 2.69. The van der Waals surface area contributed by atoms with Gasteiger partial charge in [-0.1, -0.05) is 19.1 Å². The number of hydrogen-bond acceptors (Lipinski definition) is 9. The predicted octanol–water partition coefficient (Wildman–Crippen LogP) is 3.47. The molecule has 1 saturated heterocycles. The Morgan fingerprint density at radius 1 is 1.21 bits per heavy atom. The van der Waals surface area contributed by atoms with Crippen molar-refractivity contribution < 1.29 is 16.3 Å². The van der Waals surface area contributed by atoms with Crippen molar-refractivity contribution in [2.24, 2.45) is 11.8 Å². The quantitative estimate of drug-likeness (QED) is 0.472. The van der Waals surface area contributed by atoms with Gasteiger partial charge in [0.1, 0.15) is 5.82 Å². The van der Waals surface area contributed by atoms with Gasteiger partial charge >= 0.3 is 0 Å². The van der Waals surface area contributed by atoms with Crippen LogP contribution in [0.2, 0.25) is 0 Å². The number of anilines is 2. The maximum atomic E-state index is 11.9. The molecule has 5 rings (SSSR count). The number of carbonyl (C=O) groups is 1. The molecule has 10 nitrogen and oxygen atoms in total. The topological polar surface area (TPSA) is 135 Å². The maximum absolute atomic E-state index is 11.9. The van der Waals surface area contributed by atoms with Crippen LogP contribution in [0.15, 0.2) is 34.9 Å². The summed E-state index contributed by atoms with van der Waals surface area (Å²) in [5.41, 5.74) is 8.51. The fraction of sp³-hybridized carbons (Fsp3) is 0.458. The molecule has 1 aromatic carbocycles. The Hall–Kier alpha value is -3.53. The Balaban J connectivity index is 0.00000289. The second kappa shape index (κ2) is 9.38. The molecule has 1 saturated carbocycles. The van der Waals surface area contributed by atoms with Crippen LogP contribution in [0.3, 0.4) is 0 Å². The van der Waals surface area contributed by atoms with Gasteiger partial charge in [0.2, 0.25) is 11.8 Å². The van der Waals surface area contributed by atoms with Gasteiger partial charge in [-0.05, 0) is 43.5 Å². The molecule has 10 heteroatoms. The molecule has 188 valence electrons. The van der Waals surface area contributed by atoms with Gasteiger partial charge in [-0.3, -0.25) is 4.79 Å². The number of rotatable bonds is 7. The van der Waals surface area contributed by atoms with Crippen molar-refractivity contribution in [2.45, 2.75) is 38.8 Å². The maximum Gasteiger partial charge on any atom is 0.270 e. The summed E-state index contributed by atoms with van der Waals surface area (Å²) in [5, 5.41) is 14.7. The van der Waals surface area contributed by atoms with Crippen molar-refractivity contribution in [3.8, 4) is 23.0 Å².